The summed E-state index contributed by atoms with van der Waals surface area (Å²) in [5.74, 6) is -0.146. The van der Waals surface area contributed by atoms with Crippen LogP contribution >= 0.6 is 15.9 Å². The molecule has 5 heteroatoms. The molecule has 0 saturated carbocycles. The number of benzene rings is 1. The van der Waals surface area contributed by atoms with Crippen molar-refractivity contribution in [3.8, 4) is 0 Å². The lowest BCUT2D eigenvalue weighted by Crippen LogP contribution is -2.19. The van der Waals surface area contributed by atoms with Crippen molar-refractivity contribution in [2.24, 2.45) is 0 Å². The van der Waals surface area contributed by atoms with Gasteiger partial charge in [-0.25, -0.2) is 8.78 Å². The van der Waals surface area contributed by atoms with Gasteiger partial charge in [0, 0.05) is 11.6 Å². The molecular formula is C13H12BrF2NO. The van der Waals surface area contributed by atoms with Crippen molar-refractivity contribution < 1.29 is 13.2 Å². The molecule has 0 aliphatic rings. The van der Waals surface area contributed by atoms with Crippen LogP contribution in [0.1, 0.15) is 24.3 Å². The Bertz CT molecular complexity index is 542. The molecule has 0 aliphatic heterocycles. The number of nitrogens with one attached hydrogen (secondary N) is 1. The van der Waals surface area contributed by atoms with Gasteiger partial charge < -0.3 is 9.73 Å². The first-order valence-electron chi connectivity index (χ1n) is 5.48. The van der Waals surface area contributed by atoms with Crippen LogP contribution < -0.4 is 5.32 Å². The van der Waals surface area contributed by atoms with Gasteiger partial charge in [-0.15, -0.1) is 0 Å². The van der Waals surface area contributed by atoms with E-state index in [4.69, 9.17) is 4.42 Å². The summed E-state index contributed by atoms with van der Waals surface area (Å²) in [6.07, 6.45) is 1.56. The summed E-state index contributed by atoms with van der Waals surface area (Å²) in [7, 11) is 0. The Hall–Kier alpha value is -1.20. The van der Waals surface area contributed by atoms with E-state index in [0.29, 0.717) is 12.1 Å². The highest BCUT2D eigenvalue weighted by Crippen LogP contribution is 2.21. The lowest BCUT2D eigenvalue weighted by Gasteiger charge is -2.14. The van der Waals surface area contributed by atoms with Crippen LogP contribution in [-0.2, 0) is 6.54 Å². The van der Waals surface area contributed by atoms with Gasteiger partial charge in [-0.1, -0.05) is 0 Å². The van der Waals surface area contributed by atoms with E-state index in [1.807, 2.05) is 0 Å². The SMILES string of the molecule is CC(NCc1occc1Br)c1cc(F)ccc1F. The van der Waals surface area contributed by atoms with Crippen molar-refractivity contribution >= 4 is 15.9 Å². The van der Waals surface area contributed by atoms with Crippen LogP contribution in [0.3, 0.4) is 0 Å². The van der Waals surface area contributed by atoms with E-state index in [-0.39, 0.29) is 6.04 Å². The van der Waals surface area contributed by atoms with Gasteiger partial charge in [0.2, 0.25) is 0 Å². The first-order valence-corrected chi connectivity index (χ1v) is 6.27. The van der Waals surface area contributed by atoms with Crippen LogP contribution in [-0.4, -0.2) is 0 Å². The van der Waals surface area contributed by atoms with Gasteiger partial charge in [0.05, 0.1) is 17.3 Å². The molecule has 1 heterocycles. The van der Waals surface area contributed by atoms with Crippen molar-refractivity contribution in [3.05, 3.63) is 58.0 Å². The predicted octanol–water partition coefficient (Wildman–Crippen LogP) is 4.17. The zero-order valence-electron chi connectivity index (χ0n) is 9.71. The summed E-state index contributed by atoms with van der Waals surface area (Å²) >= 11 is 3.33. The second kappa shape index (κ2) is 5.63. The molecule has 0 spiro atoms. The highest BCUT2D eigenvalue weighted by molar-refractivity contribution is 9.10. The van der Waals surface area contributed by atoms with Gasteiger partial charge in [-0.2, -0.15) is 0 Å². The van der Waals surface area contributed by atoms with Crippen LogP contribution in [0, 0.1) is 11.6 Å². The highest BCUT2D eigenvalue weighted by Gasteiger charge is 2.13. The molecule has 1 N–H and O–H groups in total. The van der Waals surface area contributed by atoms with E-state index >= 15 is 0 Å². The largest absolute Gasteiger partial charge is 0.467 e. The summed E-state index contributed by atoms with van der Waals surface area (Å²) in [4.78, 5) is 0. The van der Waals surface area contributed by atoms with Gasteiger partial charge in [0.25, 0.3) is 0 Å². The number of rotatable bonds is 4. The highest BCUT2D eigenvalue weighted by atomic mass is 79.9. The molecular weight excluding hydrogens is 304 g/mol. The molecule has 0 bridgehead atoms. The minimum Gasteiger partial charge on any atom is -0.467 e. The molecule has 18 heavy (non-hydrogen) atoms. The van der Waals surface area contributed by atoms with Gasteiger partial charge in [0.1, 0.15) is 17.4 Å². The quantitative estimate of drug-likeness (QED) is 0.916. The van der Waals surface area contributed by atoms with Crippen LogP contribution in [0.25, 0.3) is 0 Å². The molecule has 2 aromatic rings. The third-order valence-corrected chi connectivity index (χ3v) is 3.39. The normalized spacial score (nSPS) is 12.7. The van der Waals surface area contributed by atoms with Crippen molar-refractivity contribution in [2.75, 3.05) is 0 Å². The molecule has 2 rings (SSSR count). The van der Waals surface area contributed by atoms with Crippen LogP contribution in [0.4, 0.5) is 8.78 Å². The lowest BCUT2D eigenvalue weighted by molar-refractivity contribution is 0.449. The van der Waals surface area contributed by atoms with Crippen molar-refractivity contribution in [1.82, 2.24) is 5.32 Å². The Kier molecular flexibility index (Phi) is 4.14. The van der Waals surface area contributed by atoms with Crippen molar-refractivity contribution in [1.29, 1.82) is 0 Å². The van der Waals surface area contributed by atoms with Crippen LogP contribution in [0.5, 0.6) is 0 Å². The molecule has 1 aromatic heterocycles. The topological polar surface area (TPSA) is 25.2 Å². The Morgan fingerprint density at radius 3 is 2.78 bits per heavy atom. The number of hydrogen-bond donors (Lipinski definition) is 1. The monoisotopic (exact) mass is 315 g/mol. The van der Waals surface area contributed by atoms with E-state index in [0.717, 1.165) is 22.4 Å². The fourth-order valence-electron chi connectivity index (χ4n) is 1.65. The summed E-state index contributed by atoms with van der Waals surface area (Å²) < 4.78 is 32.7. The third kappa shape index (κ3) is 2.97. The lowest BCUT2D eigenvalue weighted by atomic mass is 10.1. The zero-order chi connectivity index (χ0) is 13.1. The van der Waals surface area contributed by atoms with Crippen LogP contribution in [0.2, 0.25) is 0 Å². The van der Waals surface area contributed by atoms with Crippen molar-refractivity contribution in [2.45, 2.75) is 19.5 Å². The zero-order valence-corrected chi connectivity index (χ0v) is 11.3. The van der Waals surface area contributed by atoms with Crippen molar-refractivity contribution in [3.63, 3.8) is 0 Å². The predicted molar refractivity (Wildman–Crippen MR) is 68.0 cm³/mol. The molecule has 1 atom stereocenters. The average molecular weight is 316 g/mol. The smallest absolute Gasteiger partial charge is 0.131 e. The molecule has 2 nitrogen and oxygen atoms in total. The summed E-state index contributed by atoms with van der Waals surface area (Å²) in [5.41, 5.74) is 0.303. The van der Waals surface area contributed by atoms with E-state index in [9.17, 15) is 8.78 Å². The summed E-state index contributed by atoms with van der Waals surface area (Å²) in [6, 6.07) is 4.91. The molecule has 0 saturated heterocycles. The number of furan rings is 1. The van der Waals surface area contributed by atoms with Gasteiger partial charge in [-0.05, 0) is 47.1 Å². The summed E-state index contributed by atoms with van der Waals surface area (Å²) in [6.45, 7) is 2.21. The van der Waals surface area contributed by atoms with Crippen LogP contribution in [0.15, 0.2) is 39.4 Å². The first-order chi connectivity index (χ1) is 8.58. The number of halogens is 3. The molecule has 0 aliphatic carbocycles. The molecule has 0 amide bonds. The van der Waals surface area contributed by atoms with E-state index in [1.165, 1.54) is 6.07 Å². The minimum atomic E-state index is -0.445. The van der Waals surface area contributed by atoms with E-state index in [2.05, 4.69) is 21.2 Å². The molecule has 1 unspecified atom stereocenters. The van der Waals surface area contributed by atoms with Gasteiger partial charge in [-0.3, -0.25) is 0 Å². The fourth-order valence-corrected chi connectivity index (χ4v) is 1.99. The second-order valence-corrected chi connectivity index (χ2v) is 4.81. The molecule has 96 valence electrons. The minimum absolute atomic E-state index is 0.303. The second-order valence-electron chi connectivity index (χ2n) is 3.96. The van der Waals surface area contributed by atoms with Gasteiger partial charge >= 0.3 is 0 Å². The van der Waals surface area contributed by atoms with E-state index < -0.39 is 11.6 Å². The maximum Gasteiger partial charge on any atom is 0.131 e. The molecule has 0 fully saturated rings. The standard InChI is InChI=1S/C13H12BrF2NO/c1-8(10-6-9(15)2-3-12(10)16)17-7-13-11(14)4-5-18-13/h2-6,8,17H,7H2,1H3. The molecule has 0 radical (unpaired) electrons. The average Bonchev–Trinajstić information content (AvgIpc) is 2.75. The Morgan fingerprint density at radius 2 is 2.11 bits per heavy atom. The number of hydrogen-bond acceptors (Lipinski definition) is 2. The van der Waals surface area contributed by atoms with Gasteiger partial charge in [0.15, 0.2) is 0 Å². The summed E-state index contributed by atoms with van der Waals surface area (Å²) in [5, 5.41) is 3.08. The Balaban J connectivity index is 2.06. The van der Waals surface area contributed by atoms with E-state index in [1.54, 1.807) is 19.3 Å². The fraction of sp³-hybridized carbons (Fsp3) is 0.231. The Labute approximate surface area is 112 Å². The Morgan fingerprint density at radius 1 is 1.33 bits per heavy atom. The third-order valence-electron chi connectivity index (χ3n) is 2.68. The molecule has 1 aromatic carbocycles. The maximum absolute atomic E-state index is 13.5. The first kappa shape index (κ1) is 13.2. The maximum atomic E-state index is 13.5.